The Hall–Kier alpha value is -1.55. The number of nitrogens with one attached hydrogen (secondary N) is 1. The summed E-state index contributed by atoms with van der Waals surface area (Å²) in [5.41, 5.74) is 10.5. The molecule has 1 amide bonds. The van der Waals surface area contributed by atoms with Gasteiger partial charge in [0.05, 0.1) is 5.69 Å². The standard InChI is InChI=1S/C11H13N3O/c12-8-1-3-9(4-2-8)14-10(15)7-11(13-14)5-6-11/h1-4,13H,5-7,12H2. The molecule has 1 aromatic carbocycles. The molecule has 4 heteroatoms. The minimum atomic E-state index is 0.0818. The van der Waals surface area contributed by atoms with Gasteiger partial charge in [-0.25, -0.2) is 10.4 Å². The number of hydrazine groups is 1. The fourth-order valence-corrected chi connectivity index (χ4v) is 1.98. The van der Waals surface area contributed by atoms with Crippen molar-refractivity contribution >= 4 is 17.3 Å². The van der Waals surface area contributed by atoms with E-state index in [0.717, 1.165) is 18.5 Å². The van der Waals surface area contributed by atoms with E-state index in [0.29, 0.717) is 12.1 Å². The number of carbonyl (C=O) groups excluding carboxylic acids is 1. The van der Waals surface area contributed by atoms with Gasteiger partial charge in [-0.1, -0.05) is 0 Å². The number of hydrogen-bond acceptors (Lipinski definition) is 3. The highest BCUT2D eigenvalue weighted by Gasteiger charge is 2.52. The Labute approximate surface area is 88.0 Å². The van der Waals surface area contributed by atoms with Gasteiger partial charge in [0.15, 0.2) is 0 Å². The van der Waals surface area contributed by atoms with Gasteiger partial charge in [-0.3, -0.25) is 4.79 Å². The number of benzene rings is 1. The van der Waals surface area contributed by atoms with Crippen LogP contribution in [0.25, 0.3) is 0 Å². The van der Waals surface area contributed by atoms with Crippen LogP contribution >= 0.6 is 0 Å². The van der Waals surface area contributed by atoms with Gasteiger partial charge in [0.2, 0.25) is 5.91 Å². The summed E-state index contributed by atoms with van der Waals surface area (Å²) in [5, 5.41) is 1.65. The van der Waals surface area contributed by atoms with Gasteiger partial charge in [-0.15, -0.1) is 0 Å². The Morgan fingerprint density at radius 3 is 2.47 bits per heavy atom. The third kappa shape index (κ3) is 1.37. The molecule has 2 fully saturated rings. The van der Waals surface area contributed by atoms with Crippen LogP contribution in [0.3, 0.4) is 0 Å². The molecule has 0 bridgehead atoms. The summed E-state index contributed by atoms with van der Waals surface area (Å²) in [5.74, 6) is 0.150. The van der Waals surface area contributed by atoms with Crippen LogP contribution < -0.4 is 16.2 Å². The quantitative estimate of drug-likeness (QED) is 0.670. The monoisotopic (exact) mass is 203 g/mol. The highest BCUT2D eigenvalue weighted by molar-refractivity contribution is 5.96. The van der Waals surface area contributed by atoms with Gasteiger partial charge < -0.3 is 5.73 Å². The molecular weight excluding hydrogens is 190 g/mol. The number of nitrogen functional groups attached to an aromatic ring is 1. The van der Waals surface area contributed by atoms with Crippen LogP contribution in [-0.2, 0) is 4.79 Å². The summed E-state index contributed by atoms with van der Waals surface area (Å²) in [7, 11) is 0. The Morgan fingerprint density at radius 1 is 1.27 bits per heavy atom. The van der Waals surface area contributed by atoms with Crippen LogP contribution in [0, 0.1) is 0 Å². The van der Waals surface area contributed by atoms with E-state index in [1.165, 1.54) is 0 Å². The Balaban J connectivity index is 1.88. The minimum absolute atomic E-state index is 0.0818. The van der Waals surface area contributed by atoms with Gasteiger partial charge >= 0.3 is 0 Å². The molecule has 1 aliphatic carbocycles. The van der Waals surface area contributed by atoms with Crippen molar-refractivity contribution in [3.8, 4) is 0 Å². The zero-order valence-electron chi connectivity index (χ0n) is 8.36. The van der Waals surface area contributed by atoms with E-state index in [1.54, 1.807) is 5.01 Å². The topological polar surface area (TPSA) is 58.4 Å². The SMILES string of the molecule is Nc1ccc(N2NC3(CC3)CC2=O)cc1. The zero-order valence-corrected chi connectivity index (χ0v) is 8.36. The second-order valence-corrected chi connectivity index (χ2v) is 4.39. The third-order valence-electron chi connectivity index (χ3n) is 3.09. The number of nitrogens with zero attached hydrogens (tertiary/aromatic N) is 1. The normalized spacial score (nSPS) is 22.4. The first-order chi connectivity index (χ1) is 7.19. The molecule has 3 N–H and O–H groups in total. The van der Waals surface area contributed by atoms with Crippen LogP contribution in [0.5, 0.6) is 0 Å². The summed E-state index contributed by atoms with van der Waals surface area (Å²) in [6, 6.07) is 7.34. The molecule has 0 aromatic heterocycles. The van der Waals surface area contributed by atoms with Gasteiger partial charge in [0.25, 0.3) is 0 Å². The number of anilines is 2. The van der Waals surface area contributed by atoms with Crippen LogP contribution in [0.4, 0.5) is 11.4 Å². The van der Waals surface area contributed by atoms with Crippen molar-refractivity contribution in [1.82, 2.24) is 5.43 Å². The van der Waals surface area contributed by atoms with E-state index in [-0.39, 0.29) is 11.4 Å². The molecule has 3 rings (SSSR count). The molecule has 0 radical (unpaired) electrons. The minimum Gasteiger partial charge on any atom is -0.399 e. The van der Waals surface area contributed by atoms with Gasteiger partial charge in [0.1, 0.15) is 0 Å². The van der Waals surface area contributed by atoms with Crippen molar-refractivity contribution in [3.63, 3.8) is 0 Å². The van der Waals surface area contributed by atoms with Crippen molar-refractivity contribution in [3.05, 3.63) is 24.3 Å². The average Bonchev–Trinajstić information content (AvgIpc) is 2.87. The van der Waals surface area contributed by atoms with Crippen LogP contribution in [0.15, 0.2) is 24.3 Å². The maximum atomic E-state index is 11.7. The molecule has 4 nitrogen and oxygen atoms in total. The van der Waals surface area contributed by atoms with Crippen molar-refractivity contribution in [2.45, 2.75) is 24.8 Å². The fourth-order valence-electron chi connectivity index (χ4n) is 1.98. The first-order valence-corrected chi connectivity index (χ1v) is 5.15. The largest absolute Gasteiger partial charge is 0.399 e. The number of rotatable bonds is 1. The Morgan fingerprint density at radius 2 is 1.93 bits per heavy atom. The number of nitrogens with two attached hydrogens (primary N) is 1. The average molecular weight is 203 g/mol. The molecule has 1 spiro atoms. The van der Waals surface area contributed by atoms with E-state index >= 15 is 0 Å². The molecule has 1 aliphatic heterocycles. The van der Waals surface area contributed by atoms with Crippen LogP contribution in [-0.4, -0.2) is 11.4 Å². The molecule has 2 aliphatic rings. The highest BCUT2D eigenvalue weighted by atomic mass is 16.2. The lowest BCUT2D eigenvalue weighted by molar-refractivity contribution is -0.117. The van der Waals surface area contributed by atoms with E-state index in [2.05, 4.69) is 5.43 Å². The summed E-state index contributed by atoms with van der Waals surface area (Å²) in [6.45, 7) is 0. The fraction of sp³-hybridized carbons (Fsp3) is 0.364. The first-order valence-electron chi connectivity index (χ1n) is 5.15. The van der Waals surface area contributed by atoms with Crippen molar-refractivity contribution < 1.29 is 4.79 Å². The molecule has 0 unspecified atom stereocenters. The Bertz CT molecular complexity index is 408. The molecule has 1 saturated heterocycles. The van der Waals surface area contributed by atoms with E-state index in [9.17, 15) is 4.79 Å². The van der Waals surface area contributed by atoms with Crippen molar-refractivity contribution in [2.75, 3.05) is 10.7 Å². The molecule has 0 atom stereocenters. The summed E-state index contributed by atoms with van der Waals surface area (Å²) in [4.78, 5) is 11.7. The molecule has 15 heavy (non-hydrogen) atoms. The third-order valence-corrected chi connectivity index (χ3v) is 3.09. The summed E-state index contributed by atoms with van der Waals surface area (Å²) >= 11 is 0. The predicted molar refractivity (Wildman–Crippen MR) is 58.1 cm³/mol. The molecule has 1 saturated carbocycles. The van der Waals surface area contributed by atoms with E-state index in [4.69, 9.17) is 5.73 Å². The van der Waals surface area contributed by atoms with E-state index < -0.39 is 0 Å². The van der Waals surface area contributed by atoms with Crippen LogP contribution in [0.1, 0.15) is 19.3 Å². The lowest BCUT2D eigenvalue weighted by Crippen LogP contribution is -2.38. The van der Waals surface area contributed by atoms with Gasteiger partial charge in [-0.05, 0) is 37.1 Å². The second-order valence-electron chi connectivity index (χ2n) is 4.39. The summed E-state index contributed by atoms with van der Waals surface area (Å²) < 4.78 is 0. The molecule has 1 heterocycles. The molecular formula is C11H13N3O. The Kier molecular flexibility index (Phi) is 1.59. The smallest absolute Gasteiger partial charge is 0.243 e. The van der Waals surface area contributed by atoms with Crippen LogP contribution in [0.2, 0.25) is 0 Å². The highest BCUT2D eigenvalue weighted by Crippen LogP contribution is 2.43. The van der Waals surface area contributed by atoms with Gasteiger partial charge in [-0.2, -0.15) is 0 Å². The maximum absolute atomic E-state index is 11.7. The lowest BCUT2D eigenvalue weighted by atomic mass is 10.2. The van der Waals surface area contributed by atoms with Gasteiger partial charge in [0, 0.05) is 17.6 Å². The predicted octanol–water partition coefficient (Wildman–Crippen LogP) is 1.04. The number of amides is 1. The maximum Gasteiger partial charge on any atom is 0.243 e. The lowest BCUT2D eigenvalue weighted by Gasteiger charge is -2.17. The van der Waals surface area contributed by atoms with Crippen molar-refractivity contribution in [1.29, 1.82) is 0 Å². The molecule has 78 valence electrons. The molecule has 1 aromatic rings. The number of hydrogen-bond donors (Lipinski definition) is 2. The van der Waals surface area contributed by atoms with Crippen molar-refractivity contribution in [2.24, 2.45) is 0 Å². The summed E-state index contributed by atoms with van der Waals surface area (Å²) in [6.07, 6.45) is 2.83. The zero-order chi connectivity index (χ0) is 10.5. The second kappa shape index (κ2) is 2.73. The van der Waals surface area contributed by atoms with E-state index in [1.807, 2.05) is 24.3 Å². The first kappa shape index (κ1) is 8.73. The number of carbonyl (C=O) groups is 1.